The molecule has 0 spiro atoms. The highest BCUT2D eigenvalue weighted by Gasteiger charge is 2.18. The number of nitrogens with zero attached hydrogens (tertiary/aromatic N) is 3. The summed E-state index contributed by atoms with van der Waals surface area (Å²) in [4.78, 5) is 32.2. The van der Waals surface area contributed by atoms with Gasteiger partial charge < -0.3 is 15.1 Å². The number of carbonyl (C=O) groups is 2. The Balaban J connectivity index is 1.59. The van der Waals surface area contributed by atoms with E-state index in [0.717, 1.165) is 0 Å². The number of nitrogens with one attached hydrogen (secondary N) is 2. The first kappa shape index (κ1) is 15.5. The lowest BCUT2D eigenvalue weighted by Crippen LogP contribution is -2.41. The second-order valence-corrected chi connectivity index (χ2v) is 5.04. The van der Waals surface area contributed by atoms with E-state index >= 15 is 0 Å². The maximum absolute atomic E-state index is 12.1. The van der Waals surface area contributed by atoms with Crippen molar-refractivity contribution < 1.29 is 14.0 Å². The topological polar surface area (TPSA) is 102 Å². The zero-order valence-corrected chi connectivity index (χ0v) is 12.8. The Kier molecular flexibility index (Phi) is 4.37. The molecule has 0 unspecified atom stereocenters. The van der Waals surface area contributed by atoms with Gasteiger partial charge in [0.15, 0.2) is 5.76 Å². The Labute approximate surface area is 137 Å². The van der Waals surface area contributed by atoms with Crippen LogP contribution in [0.1, 0.15) is 17.5 Å². The van der Waals surface area contributed by atoms with Crippen molar-refractivity contribution in [2.45, 2.75) is 13.0 Å². The molecule has 2 N–H and O–H groups in total. The number of pyridine rings is 1. The standard InChI is InChI=1S/C16H15N5O3/c1-11(19-16(23)13-3-2-8-24-13)15(22)20-12-4-5-14(18-9-12)21-7-6-17-10-21/h2-11H,1H3,(H,19,23)(H,20,22)/t11-/m1/s1. The minimum absolute atomic E-state index is 0.154. The van der Waals surface area contributed by atoms with Gasteiger partial charge >= 0.3 is 0 Å². The van der Waals surface area contributed by atoms with Gasteiger partial charge in [0.1, 0.15) is 18.2 Å². The van der Waals surface area contributed by atoms with Gasteiger partial charge in [0, 0.05) is 12.4 Å². The number of hydrogen-bond acceptors (Lipinski definition) is 5. The molecule has 3 aromatic heterocycles. The number of amides is 2. The number of aromatic nitrogens is 3. The highest BCUT2D eigenvalue weighted by molar-refractivity contribution is 5.99. The maximum Gasteiger partial charge on any atom is 0.287 e. The number of hydrogen-bond donors (Lipinski definition) is 2. The molecule has 0 radical (unpaired) electrons. The van der Waals surface area contributed by atoms with Crippen molar-refractivity contribution in [2.75, 3.05) is 5.32 Å². The number of carbonyl (C=O) groups excluding carboxylic acids is 2. The predicted molar refractivity (Wildman–Crippen MR) is 85.6 cm³/mol. The molecule has 0 fully saturated rings. The van der Waals surface area contributed by atoms with Gasteiger partial charge in [-0.2, -0.15) is 0 Å². The smallest absolute Gasteiger partial charge is 0.287 e. The minimum atomic E-state index is -0.726. The van der Waals surface area contributed by atoms with Gasteiger partial charge in [0.2, 0.25) is 5.91 Å². The van der Waals surface area contributed by atoms with E-state index < -0.39 is 11.9 Å². The van der Waals surface area contributed by atoms with Crippen LogP contribution in [0.5, 0.6) is 0 Å². The van der Waals surface area contributed by atoms with Gasteiger partial charge in [0.25, 0.3) is 5.91 Å². The highest BCUT2D eigenvalue weighted by Crippen LogP contribution is 2.10. The summed E-state index contributed by atoms with van der Waals surface area (Å²) in [5.74, 6) is 0.0361. The van der Waals surface area contributed by atoms with E-state index in [9.17, 15) is 9.59 Å². The molecule has 3 aromatic rings. The molecule has 1 atom stereocenters. The third-order valence-electron chi connectivity index (χ3n) is 3.27. The van der Waals surface area contributed by atoms with Crippen molar-refractivity contribution in [3.8, 4) is 5.82 Å². The molecule has 0 aromatic carbocycles. The van der Waals surface area contributed by atoms with Crippen molar-refractivity contribution >= 4 is 17.5 Å². The molecule has 24 heavy (non-hydrogen) atoms. The zero-order chi connectivity index (χ0) is 16.9. The largest absolute Gasteiger partial charge is 0.459 e. The molecule has 0 aliphatic rings. The van der Waals surface area contributed by atoms with Crippen molar-refractivity contribution in [2.24, 2.45) is 0 Å². The fourth-order valence-electron chi connectivity index (χ4n) is 2.00. The van der Waals surface area contributed by atoms with Crippen LogP contribution in [0.3, 0.4) is 0 Å². The van der Waals surface area contributed by atoms with E-state index in [2.05, 4.69) is 20.6 Å². The fraction of sp³-hybridized carbons (Fsp3) is 0.125. The van der Waals surface area contributed by atoms with Gasteiger partial charge in [-0.05, 0) is 31.2 Å². The molecule has 0 aliphatic heterocycles. The fourth-order valence-corrected chi connectivity index (χ4v) is 2.00. The molecule has 122 valence electrons. The Morgan fingerprint density at radius 3 is 2.79 bits per heavy atom. The van der Waals surface area contributed by atoms with Crippen LogP contribution in [-0.2, 0) is 4.79 Å². The van der Waals surface area contributed by atoms with Crippen LogP contribution in [0.2, 0.25) is 0 Å². The number of furan rings is 1. The maximum atomic E-state index is 12.1. The van der Waals surface area contributed by atoms with Crippen molar-refractivity contribution in [3.63, 3.8) is 0 Å². The normalized spacial score (nSPS) is 11.7. The summed E-state index contributed by atoms with van der Waals surface area (Å²) in [6.07, 6.45) is 7.99. The van der Waals surface area contributed by atoms with Crippen LogP contribution in [0.4, 0.5) is 5.69 Å². The summed E-state index contributed by atoms with van der Waals surface area (Å²) >= 11 is 0. The van der Waals surface area contributed by atoms with Gasteiger partial charge in [-0.25, -0.2) is 9.97 Å². The zero-order valence-electron chi connectivity index (χ0n) is 12.8. The van der Waals surface area contributed by atoms with Crippen molar-refractivity contribution in [3.05, 3.63) is 61.2 Å². The quantitative estimate of drug-likeness (QED) is 0.742. The van der Waals surface area contributed by atoms with E-state index in [4.69, 9.17) is 4.42 Å². The molecule has 0 saturated heterocycles. The lowest BCUT2D eigenvalue weighted by molar-refractivity contribution is -0.117. The number of anilines is 1. The van der Waals surface area contributed by atoms with Gasteiger partial charge in [-0.3, -0.25) is 14.2 Å². The van der Waals surface area contributed by atoms with Crippen LogP contribution >= 0.6 is 0 Å². The van der Waals surface area contributed by atoms with Crippen LogP contribution in [0.15, 0.2) is 59.9 Å². The Bertz CT molecular complexity index is 810. The average molecular weight is 325 g/mol. The molecule has 2 amide bonds. The summed E-state index contributed by atoms with van der Waals surface area (Å²) in [6, 6.07) is 5.88. The first-order chi connectivity index (χ1) is 11.6. The first-order valence-corrected chi connectivity index (χ1v) is 7.23. The van der Waals surface area contributed by atoms with Gasteiger partial charge in [-0.1, -0.05) is 0 Å². The molecular weight excluding hydrogens is 310 g/mol. The lowest BCUT2D eigenvalue weighted by atomic mass is 10.3. The van der Waals surface area contributed by atoms with Gasteiger partial charge in [-0.15, -0.1) is 0 Å². The van der Waals surface area contributed by atoms with Crippen LogP contribution in [0.25, 0.3) is 5.82 Å². The molecule has 3 rings (SSSR count). The summed E-state index contributed by atoms with van der Waals surface area (Å²) in [6.45, 7) is 1.59. The molecule has 8 nitrogen and oxygen atoms in total. The summed E-state index contributed by atoms with van der Waals surface area (Å²) in [5.41, 5.74) is 0.531. The summed E-state index contributed by atoms with van der Waals surface area (Å²) < 4.78 is 6.73. The third-order valence-corrected chi connectivity index (χ3v) is 3.27. The SMILES string of the molecule is C[C@@H](NC(=O)c1ccco1)C(=O)Nc1ccc(-n2ccnc2)nc1. The minimum Gasteiger partial charge on any atom is -0.459 e. The van der Waals surface area contributed by atoms with Crippen molar-refractivity contribution in [1.82, 2.24) is 19.9 Å². The Morgan fingerprint density at radius 2 is 2.17 bits per heavy atom. The van der Waals surface area contributed by atoms with Crippen molar-refractivity contribution in [1.29, 1.82) is 0 Å². The van der Waals surface area contributed by atoms with E-state index in [0.29, 0.717) is 11.5 Å². The monoisotopic (exact) mass is 325 g/mol. The second-order valence-electron chi connectivity index (χ2n) is 5.04. The molecule has 0 bridgehead atoms. The number of imidazole rings is 1. The van der Waals surface area contributed by atoms with E-state index in [-0.39, 0.29) is 11.7 Å². The molecule has 3 heterocycles. The van der Waals surface area contributed by atoms with Crippen LogP contribution < -0.4 is 10.6 Å². The molecule has 8 heteroatoms. The van der Waals surface area contributed by atoms with E-state index in [1.807, 2.05) is 0 Å². The van der Waals surface area contributed by atoms with Gasteiger partial charge in [0.05, 0.1) is 18.1 Å². The van der Waals surface area contributed by atoms with E-state index in [1.54, 1.807) is 48.4 Å². The predicted octanol–water partition coefficient (Wildman–Crippen LogP) is 1.62. The highest BCUT2D eigenvalue weighted by atomic mass is 16.3. The Hall–Kier alpha value is -3.42. The molecule has 0 saturated carbocycles. The van der Waals surface area contributed by atoms with Crippen LogP contribution in [0, 0.1) is 0 Å². The molecule has 0 aliphatic carbocycles. The first-order valence-electron chi connectivity index (χ1n) is 7.23. The number of rotatable bonds is 5. The summed E-state index contributed by atoms with van der Waals surface area (Å²) in [7, 11) is 0. The molecular formula is C16H15N5O3. The Morgan fingerprint density at radius 1 is 1.29 bits per heavy atom. The summed E-state index contributed by atoms with van der Waals surface area (Å²) in [5, 5.41) is 5.25. The third kappa shape index (κ3) is 3.49. The van der Waals surface area contributed by atoms with Crippen LogP contribution in [-0.4, -0.2) is 32.4 Å². The van der Waals surface area contributed by atoms with E-state index in [1.165, 1.54) is 18.5 Å². The lowest BCUT2D eigenvalue weighted by Gasteiger charge is -2.13. The second kappa shape index (κ2) is 6.78. The average Bonchev–Trinajstić information content (AvgIpc) is 3.29.